The van der Waals surface area contributed by atoms with Crippen LogP contribution in [0.25, 0.3) is 22.5 Å². The Hall–Kier alpha value is -2.82. The number of hydrogen-bond acceptors (Lipinski definition) is 7. The Morgan fingerprint density at radius 2 is 1.90 bits per heavy atom. The number of anilines is 1. The number of sulfonamides is 1. The smallest absolute Gasteiger partial charge is 0.240 e. The highest BCUT2D eigenvalue weighted by Crippen LogP contribution is 2.30. The van der Waals surface area contributed by atoms with Crippen molar-refractivity contribution in [2.24, 2.45) is 7.05 Å². The lowest BCUT2D eigenvalue weighted by molar-refractivity contribution is 0.0857. The molecule has 0 unspecified atom stereocenters. The van der Waals surface area contributed by atoms with Gasteiger partial charge in [-0.05, 0) is 45.4 Å². The Balaban J connectivity index is 2.06. The summed E-state index contributed by atoms with van der Waals surface area (Å²) < 4.78 is 29.5. The summed E-state index contributed by atoms with van der Waals surface area (Å²) in [5.74, 6) is 0.267. The second-order valence-corrected chi connectivity index (χ2v) is 9.64. The number of nitrogens with zero attached hydrogens (tertiary/aromatic N) is 4. The van der Waals surface area contributed by atoms with Crippen LogP contribution in [-0.4, -0.2) is 45.4 Å². The van der Waals surface area contributed by atoms with Gasteiger partial charge < -0.3 is 10.8 Å². The van der Waals surface area contributed by atoms with Crippen LogP contribution in [0.3, 0.4) is 0 Å². The molecule has 0 aliphatic rings. The molecule has 0 aliphatic heterocycles. The SMILES string of the molecule is Cc1ccc(S(=O)(=O)NCC(C)(C)O)cc1-c1cnc(N)c(-c2cnn(C)c2C)n1. The highest BCUT2D eigenvalue weighted by atomic mass is 32.2. The topological polar surface area (TPSA) is 136 Å². The Bertz CT molecular complexity index is 1200. The van der Waals surface area contributed by atoms with Crippen molar-refractivity contribution in [1.82, 2.24) is 24.5 Å². The van der Waals surface area contributed by atoms with Gasteiger partial charge in [0.05, 0.1) is 28.6 Å². The van der Waals surface area contributed by atoms with Crippen LogP contribution < -0.4 is 10.5 Å². The van der Waals surface area contributed by atoms with E-state index in [0.29, 0.717) is 17.0 Å². The van der Waals surface area contributed by atoms with Gasteiger partial charge in [-0.25, -0.2) is 23.1 Å². The number of aliphatic hydroxyl groups is 1. The maximum Gasteiger partial charge on any atom is 0.240 e. The molecule has 0 spiro atoms. The van der Waals surface area contributed by atoms with Gasteiger partial charge in [0.2, 0.25) is 10.0 Å². The third-order valence-electron chi connectivity index (χ3n) is 4.78. The lowest BCUT2D eigenvalue weighted by Crippen LogP contribution is -2.38. The molecule has 4 N–H and O–H groups in total. The molecule has 3 rings (SSSR count). The molecule has 0 fully saturated rings. The van der Waals surface area contributed by atoms with Crippen LogP contribution in [0.5, 0.6) is 0 Å². The van der Waals surface area contributed by atoms with E-state index in [4.69, 9.17) is 5.73 Å². The summed E-state index contributed by atoms with van der Waals surface area (Å²) in [6.07, 6.45) is 3.20. The fourth-order valence-electron chi connectivity index (χ4n) is 2.86. The van der Waals surface area contributed by atoms with Crippen LogP contribution in [-0.2, 0) is 17.1 Å². The minimum Gasteiger partial charge on any atom is -0.389 e. The zero-order chi connectivity index (χ0) is 22.3. The molecule has 3 aromatic rings. The van der Waals surface area contributed by atoms with Gasteiger partial charge in [0.1, 0.15) is 11.5 Å². The molecule has 0 saturated carbocycles. The number of aryl methyl sites for hydroxylation is 2. The second-order valence-electron chi connectivity index (χ2n) is 7.87. The van der Waals surface area contributed by atoms with Gasteiger partial charge in [0.15, 0.2) is 0 Å². The lowest BCUT2D eigenvalue weighted by atomic mass is 10.1. The van der Waals surface area contributed by atoms with E-state index in [1.54, 1.807) is 23.0 Å². The molecule has 30 heavy (non-hydrogen) atoms. The predicted octanol–water partition coefficient (Wildman–Crippen LogP) is 1.79. The lowest BCUT2D eigenvalue weighted by Gasteiger charge is -2.18. The summed E-state index contributed by atoms with van der Waals surface area (Å²) in [5.41, 5.74) is 8.99. The first-order valence-electron chi connectivity index (χ1n) is 9.33. The molecular formula is C20H26N6O3S. The summed E-state index contributed by atoms with van der Waals surface area (Å²) in [6, 6.07) is 4.77. The van der Waals surface area contributed by atoms with E-state index in [1.807, 2.05) is 20.9 Å². The van der Waals surface area contributed by atoms with Crippen LogP contribution >= 0.6 is 0 Å². The van der Waals surface area contributed by atoms with Gasteiger partial charge in [-0.15, -0.1) is 0 Å². The van der Waals surface area contributed by atoms with E-state index < -0.39 is 15.6 Å². The number of nitrogens with one attached hydrogen (secondary N) is 1. The average molecular weight is 431 g/mol. The maximum absolute atomic E-state index is 12.7. The molecule has 2 heterocycles. The van der Waals surface area contributed by atoms with Gasteiger partial charge in [0.25, 0.3) is 0 Å². The monoisotopic (exact) mass is 430 g/mol. The summed E-state index contributed by atoms with van der Waals surface area (Å²) in [5, 5.41) is 14.1. The number of nitrogen functional groups attached to an aromatic ring is 1. The molecular weight excluding hydrogens is 404 g/mol. The molecule has 0 atom stereocenters. The average Bonchev–Trinajstić information content (AvgIpc) is 2.99. The standard InChI is InChI=1S/C20H26N6O3S/c1-12-6-7-14(30(28,29)24-11-20(3,4)27)8-15(12)17-10-22-19(21)18(25-17)16-9-23-26(5)13(16)2/h6-10,24,27H,11H2,1-5H3,(H2,21,22). The Morgan fingerprint density at radius 3 is 2.50 bits per heavy atom. The van der Waals surface area contributed by atoms with E-state index in [2.05, 4.69) is 19.8 Å². The number of hydrogen-bond donors (Lipinski definition) is 3. The number of nitrogens with two attached hydrogens (primary N) is 1. The van der Waals surface area contributed by atoms with Crippen LogP contribution in [0.1, 0.15) is 25.1 Å². The second kappa shape index (κ2) is 7.78. The fraction of sp³-hybridized carbons (Fsp3) is 0.350. The third kappa shape index (κ3) is 4.50. The summed E-state index contributed by atoms with van der Waals surface area (Å²) in [4.78, 5) is 9.00. The van der Waals surface area contributed by atoms with E-state index >= 15 is 0 Å². The van der Waals surface area contributed by atoms with Gasteiger partial charge in [-0.1, -0.05) is 6.07 Å². The number of benzene rings is 1. The Labute approximate surface area is 176 Å². The van der Waals surface area contributed by atoms with Gasteiger partial charge in [-0.3, -0.25) is 4.68 Å². The van der Waals surface area contributed by atoms with E-state index in [9.17, 15) is 13.5 Å². The summed E-state index contributed by atoms with van der Waals surface area (Å²) in [6.45, 7) is 6.72. The van der Waals surface area contributed by atoms with Crippen molar-refractivity contribution in [3.05, 3.63) is 41.9 Å². The molecule has 2 aromatic heterocycles. The number of rotatable bonds is 6. The Kier molecular flexibility index (Phi) is 5.68. The normalized spacial score (nSPS) is 12.3. The van der Waals surface area contributed by atoms with Crippen molar-refractivity contribution in [3.8, 4) is 22.5 Å². The van der Waals surface area contributed by atoms with Crippen LogP contribution in [0.15, 0.2) is 35.5 Å². The van der Waals surface area contributed by atoms with Crippen molar-refractivity contribution in [2.75, 3.05) is 12.3 Å². The van der Waals surface area contributed by atoms with Crippen molar-refractivity contribution >= 4 is 15.8 Å². The highest BCUT2D eigenvalue weighted by molar-refractivity contribution is 7.89. The predicted molar refractivity (Wildman–Crippen MR) is 115 cm³/mol. The zero-order valence-electron chi connectivity index (χ0n) is 17.6. The molecule has 0 saturated heterocycles. The molecule has 0 radical (unpaired) electrons. The molecule has 1 aromatic carbocycles. The summed E-state index contributed by atoms with van der Waals surface area (Å²) in [7, 11) is -1.99. The van der Waals surface area contributed by atoms with E-state index in [-0.39, 0.29) is 17.3 Å². The first-order chi connectivity index (χ1) is 13.9. The largest absolute Gasteiger partial charge is 0.389 e. The zero-order valence-corrected chi connectivity index (χ0v) is 18.4. The van der Waals surface area contributed by atoms with E-state index in [0.717, 1.165) is 16.8 Å². The molecule has 0 bridgehead atoms. The van der Waals surface area contributed by atoms with Crippen LogP contribution in [0.4, 0.5) is 5.82 Å². The molecule has 0 amide bonds. The van der Waals surface area contributed by atoms with Crippen LogP contribution in [0, 0.1) is 13.8 Å². The summed E-state index contributed by atoms with van der Waals surface area (Å²) >= 11 is 0. The maximum atomic E-state index is 12.7. The fourth-order valence-corrected chi connectivity index (χ4v) is 4.09. The molecule has 9 nitrogen and oxygen atoms in total. The first-order valence-corrected chi connectivity index (χ1v) is 10.8. The van der Waals surface area contributed by atoms with Crippen LogP contribution in [0.2, 0.25) is 0 Å². The Morgan fingerprint density at radius 1 is 1.20 bits per heavy atom. The van der Waals surface area contributed by atoms with Gasteiger partial charge >= 0.3 is 0 Å². The molecule has 0 aliphatic carbocycles. The molecule has 10 heteroatoms. The van der Waals surface area contributed by atoms with Gasteiger partial charge in [-0.2, -0.15) is 5.10 Å². The van der Waals surface area contributed by atoms with Crippen molar-refractivity contribution in [1.29, 1.82) is 0 Å². The van der Waals surface area contributed by atoms with Crippen molar-refractivity contribution in [3.63, 3.8) is 0 Å². The van der Waals surface area contributed by atoms with Crippen molar-refractivity contribution < 1.29 is 13.5 Å². The number of aromatic nitrogens is 4. The third-order valence-corrected chi connectivity index (χ3v) is 6.18. The molecule has 160 valence electrons. The van der Waals surface area contributed by atoms with Crippen molar-refractivity contribution in [2.45, 2.75) is 38.2 Å². The quantitative estimate of drug-likeness (QED) is 0.542. The van der Waals surface area contributed by atoms with Gasteiger partial charge in [0, 0.05) is 30.4 Å². The van der Waals surface area contributed by atoms with E-state index in [1.165, 1.54) is 26.1 Å². The minimum absolute atomic E-state index is 0.0742. The first kappa shape index (κ1) is 21.9. The highest BCUT2D eigenvalue weighted by Gasteiger charge is 2.21. The minimum atomic E-state index is -3.81.